The van der Waals surface area contributed by atoms with Crippen LogP contribution in [0.1, 0.15) is 40.1 Å². The zero-order valence-corrected chi connectivity index (χ0v) is 13.6. The fourth-order valence-corrected chi connectivity index (χ4v) is 3.46. The second-order valence-corrected chi connectivity index (χ2v) is 5.85. The van der Waals surface area contributed by atoms with Crippen molar-refractivity contribution in [2.45, 2.75) is 19.3 Å². The van der Waals surface area contributed by atoms with Gasteiger partial charge in [-0.05, 0) is 12.5 Å². The Morgan fingerprint density at radius 1 is 0.958 bits per heavy atom. The first-order valence-corrected chi connectivity index (χ1v) is 7.96. The summed E-state index contributed by atoms with van der Waals surface area (Å²) in [7, 11) is 0. The highest BCUT2D eigenvalue weighted by Gasteiger charge is 2.59. The number of hydrogen-bond acceptors (Lipinski definition) is 4. The van der Waals surface area contributed by atoms with Crippen LogP contribution >= 0.6 is 0 Å². The standard InChI is InChI=1S/C20H18O4/c1-3-24-19(23)13(2)20(14-9-5-4-6-10-14)17(21)15-11-7-8-12-16(15)18(20)22/h4-13H,3H2,1-2H3. The van der Waals surface area contributed by atoms with Gasteiger partial charge < -0.3 is 4.74 Å². The van der Waals surface area contributed by atoms with Gasteiger partial charge in [-0.1, -0.05) is 61.5 Å². The summed E-state index contributed by atoms with van der Waals surface area (Å²) < 4.78 is 5.11. The summed E-state index contributed by atoms with van der Waals surface area (Å²) in [6.45, 7) is 3.49. The van der Waals surface area contributed by atoms with Crippen LogP contribution in [0.25, 0.3) is 0 Å². The lowest BCUT2D eigenvalue weighted by Gasteiger charge is -2.31. The Labute approximate surface area is 140 Å². The molecule has 122 valence electrons. The molecule has 0 bridgehead atoms. The molecule has 1 aliphatic carbocycles. The van der Waals surface area contributed by atoms with Crippen LogP contribution in [-0.4, -0.2) is 24.1 Å². The van der Waals surface area contributed by atoms with E-state index in [-0.39, 0.29) is 18.2 Å². The minimum Gasteiger partial charge on any atom is -0.466 e. The molecule has 0 heterocycles. The molecule has 1 atom stereocenters. The number of ketones is 2. The first-order chi connectivity index (χ1) is 11.5. The van der Waals surface area contributed by atoms with Gasteiger partial charge >= 0.3 is 5.97 Å². The monoisotopic (exact) mass is 322 g/mol. The Kier molecular flexibility index (Phi) is 4.06. The molecular formula is C20H18O4. The van der Waals surface area contributed by atoms with Gasteiger partial charge in [-0.25, -0.2) is 0 Å². The smallest absolute Gasteiger partial charge is 0.310 e. The van der Waals surface area contributed by atoms with Crippen molar-refractivity contribution >= 4 is 17.5 Å². The molecule has 0 aliphatic heterocycles. The van der Waals surface area contributed by atoms with Crippen molar-refractivity contribution in [3.05, 3.63) is 71.3 Å². The molecule has 0 saturated carbocycles. The highest BCUT2D eigenvalue weighted by Crippen LogP contribution is 2.45. The quantitative estimate of drug-likeness (QED) is 0.640. The highest BCUT2D eigenvalue weighted by atomic mass is 16.5. The lowest BCUT2D eigenvalue weighted by atomic mass is 9.67. The summed E-state index contributed by atoms with van der Waals surface area (Å²) in [5.41, 5.74) is -0.307. The van der Waals surface area contributed by atoms with Gasteiger partial charge in [0.1, 0.15) is 5.41 Å². The zero-order chi connectivity index (χ0) is 17.3. The Morgan fingerprint density at radius 2 is 1.46 bits per heavy atom. The first-order valence-electron chi connectivity index (χ1n) is 7.96. The topological polar surface area (TPSA) is 60.4 Å². The van der Waals surface area contributed by atoms with Gasteiger partial charge in [-0.15, -0.1) is 0 Å². The van der Waals surface area contributed by atoms with E-state index in [2.05, 4.69) is 0 Å². The molecule has 0 saturated heterocycles. The van der Waals surface area contributed by atoms with Crippen molar-refractivity contribution in [1.29, 1.82) is 0 Å². The van der Waals surface area contributed by atoms with E-state index in [4.69, 9.17) is 4.74 Å². The second-order valence-electron chi connectivity index (χ2n) is 5.85. The van der Waals surface area contributed by atoms with E-state index in [0.29, 0.717) is 16.7 Å². The Bertz CT molecular complexity index is 772. The molecule has 3 rings (SSSR count). The molecular weight excluding hydrogens is 304 g/mol. The van der Waals surface area contributed by atoms with Crippen molar-refractivity contribution < 1.29 is 19.1 Å². The fraction of sp³-hybridized carbons (Fsp3) is 0.250. The van der Waals surface area contributed by atoms with E-state index in [1.165, 1.54) is 0 Å². The Balaban J connectivity index is 2.24. The van der Waals surface area contributed by atoms with Gasteiger partial charge in [0.2, 0.25) is 0 Å². The van der Waals surface area contributed by atoms with Crippen molar-refractivity contribution in [2.75, 3.05) is 6.61 Å². The number of rotatable bonds is 4. The van der Waals surface area contributed by atoms with Gasteiger partial charge in [0.25, 0.3) is 0 Å². The summed E-state index contributed by atoms with van der Waals surface area (Å²) in [5, 5.41) is 0. The molecule has 0 radical (unpaired) electrons. The third kappa shape index (κ3) is 2.10. The van der Waals surface area contributed by atoms with Crippen LogP contribution in [-0.2, 0) is 14.9 Å². The number of benzene rings is 2. The summed E-state index contributed by atoms with van der Waals surface area (Å²) in [4.78, 5) is 38.9. The lowest BCUT2D eigenvalue weighted by Crippen LogP contribution is -2.48. The molecule has 4 heteroatoms. The van der Waals surface area contributed by atoms with E-state index in [9.17, 15) is 14.4 Å². The fourth-order valence-electron chi connectivity index (χ4n) is 3.46. The van der Waals surface area contributed by atoms with Gasteiger partial charge in [0.05, 0.1) is 12.5 Å². The molecule has 0 spiro atoms. The summed E-state index contributed by atoms with van der Waals surface area (Å²) in [5.74, 6) is -2.13. The minimum absolute atomic E-state index is 0.198. The van der Waals surface area contributed by atoms with Gasteiger partial charge in [-0.2, -0.15) is 0 Å². The Morgan fingerprint density at radius 3 is 1.96 bits per heavy atom. The van der Waals surface area contributed by atoms with Crippen LogP contribution in [0.15, 0.2) is 54.6 Å². The maximum Gasteiger partial charge on any atom is 0.310 e. The van der Waals surface area contributed by atoms with Crippen molar-refractivity contribution in [2.24, 2.45) is 5.92 Å². The number of carbonyl (C=O) groups is 3. The molecule has 1 aliphatic rings. The molecule has 1 unspecified atom stereocenters. The molecule has 0 N–H and O–H groups in total. The van der Waals surface area contributed by atoms with E-state index >= 15 is 0 Å². The summed E-state index contributed by atoms with van der Waals surface area (Å²) in [6.07, 6.45) is 0. The maximum atomic E-state index is 13.3. The van der Waals surface area contributed by atoms with E-state index in [1.54, 1.807) is 62.4 Å². The molecule has 2 aromatic rings. The number of carbonyl (C=O) groups excluding carboxylic acids is 3. The van der Waals surface area contributed by atoms with Gasteiger partial charge in [-0.3, -0.25) is 14.4 Å². The summed E-state index contributed by atoms with van der Waals surface area (Å²) >= 11 is 0. The van der Waals surface area contributed by atoms with E-state index < -0.39 is 17.3 Å². The number of hydrogen-bond donors (Lipinski definition) is 0. The highest BCUT2D eigenvalue weighted by molar-refractivity contribution is 6.34. The van der Waals surface area contributed by atoms with Gasteiger partial charge in [0, 0.05) is 11.1 Å². The molecule has 4 nitrogen and oxygen atoms in total. The number of esters is 1. The number of Topliss-reactive ketones (excluding diaryl/α,β-unsaturated/α-hetero) is 2. The average Bonchev–Trinajstić information content (AvgIpc) is 2.84. The van der Waals surface area contributed by atoms with Gasteiger partial charge in [0.15, 0.2) is 11.6 Å². The number of fused-ring (bicyclic) bond motifs is 1. The average molecular weight is 322 g/mol. The maximum absolute atomic E-state index is 13.3. The van der Waals surface area contributed by atoms with Crippen molar-refractivity contribution in [1.82, 2.24) is 0 Å². The lowest BCUT2D eigenvalue weighted by molar-refractivity contribution is -0.148. The molecule has 2 aromatic carbocycles. The van der Waals surface area contributed by atoms with Crippen LogP contribution in [0.3, 0.4) is 0 Å². The zero-order valence-electron chi connectivity index (χ0n) is 13.6. The van der Waals surface area contributed by atoms with Crippen LogP contribution < -0.4 is 0 Å². The molecule has 0 fully saturated rings. The van der Waals surface area contributed by atoms with Crippen molar-refractivity contribution in [3.63, 3.8) is 0 Å². The second kappa shape index (κ2) is 6.04. The van der Waals surface area contributed by atoms with Crippen LogP contribution in [0.2, 0.25) is 0 Å². The van der Waals surface area contributed by atoms with Crippen LogP contribution in [0.4, 0.5) is 0 Å². The van der Waals surface area contributed by atoms with Crippen LogP contribution in [0, 0.1) is 5.92 Å². The predicted octanol–water partition coefficient (Wildman–Crippen LogP) is 3.20. The van der Waals surface area contributed by atoms with Crippen LogP contribution in [0.5, 0.6) is 0 Å². The predicted molar refractivity (Wildman–Crippen MR) is 89.0 cm³/mol. The largest absolute Gasteiger partial charge is 0.466 e. The summed E-state index contributed by atoms with van der Waals surface area (Å²) in [6, 6.07) is 15.5. The third-order valence-electron chi connectivity index (χ3n) is 4.65. The normalized spacial score (nSPS) is 16.6. The first kappa shape index (κ1) is 16.1. The minimum atomic E-state index is -1.56. The SMILES string of the molecule is CCOC(=O)C(C)C1(c2ccccc2)C(=O)c2ccccc2C1=O. The number of ether oxygens (including phenoxy) is 1. The Hall–Kier alpha value is -2.75. The third-order valence-corrected chi connectivity index (χ3v) is 4.65. The van der Waals surface area contributed by atoms with E-state index in [1.807, 2.05) is 6.07 Å². The van der Waals surface area contributed by atoms with Crippen molar-refractivity contribution in [3.8, 4) is 0 Å². The van der Waals surface area contributed by atoms with E-state index in [0.717, 1.165) is 0 Å². The molecule has 0 amide bonds. The molecule has 0 aromatic heterocycles. The molecule has 24 heavy (non-hydrogen) atoms.